The molecule has 0 radical (unpaired) electrons. The largest absolute Gasteiger partial charge is 0.460 e. The molecule has 2 aliphatic carbocycles. The molecule has 2 heterocycles. The summed E-state index contributed by atoms with van der Waals surface area (Å²) in [6.07, 6.45) is 8.46. The van der Waals surface area contributed by atoms with Gasteiger partial charge in [0.1, 0.15) is 11.5 Å². The number of non-ortho nitro benzene ring substituents is 1. The van der Waals surface area contributed by atoms with E-state index in [0.29, 0.717) is 49.6 Å². The van der Waals surface area contributed by atoms with Crippen molar-refractivity contribution in [1.29, 1.82) is 0 Å². The summed E-state index contributed by atoms with van der Waals surface area (Å²) in [4.78, 5) is 13.2. The SMILES string of the molecule is C[C@](O)(/C=C1\Oc2ccc([N+](=O)[O-])cc2[C@H]1N1CCOCC1)[C@H]1C[C@@H]2C=C[C@H]1C2. The Morgan fingerprint density at radius 2 is 2.07 bits per heavy atom. The summed E-state index contributed by atoms with van der Waals surface area (Å²) in [6, 6.07) is 4.49. The van der Waals surface area contributed by atoms with Crippen molar-refractivity contribution in [2.45, 2.75) is 31.4 Å². The molecule has 1 saturated carbocycles. The number of aliphatic hydroxyl groups is 1. The van der Waals surface area contributed by atoms with Gasteiger partial charge in [-0.05, 0) is 49.7 Å². The van der Waals surface area contributed by atoms with Crippen molar-refractivity contribution < 1.29 is 19.5 Å². The van der Waals surface area contributed by atoms with Crippen molar-refractivity contribution in [3.8, 4) is 5.75 Å². The summed E-state index contributed by atoms with van der Waals surface area (Å²) in [5.74, 6) is 2.42. The number of fused-ring (bicyclic) bond motifs is 3. The Balaban J connectivity index is 1.51. The van der Waals surface area contributed by atoms with E-state index in [1.54, 1.807) is 12.1 Å². The van der Waals surface area contributed by atoms with Crippen LogP contribution in [-0.4, -0.2) is 46.8 Å². The molecule has 4 aliphatic rings. The third-order valence-electron chi connectivity index (χ3n) is 6.87. The summed E-state index contributed by atoms with van der Waals surface area (Å²) in [5.41, 5.74) is -0.161. The van der Waals surface area contributed by atoms with Crippen LogP contribution in [0.3, 0.4) is 0 Å². The van der Waals surface area contributed by atoms with E-state index in [0.717, 1.165) is 18.4 Å². The summed E-state index contributed by atoms with van der Waals surface area (Å²) in [7, 11) is 0. The van der Waals surface area contributed by atoms with E-state index < -0.39 is 5.60 Å². The van der Waals surface area contributed by atoms with Gasteiger partial charge in [-0.15, -0.1) is 0 Å². The molecule has 2 bridgehead atoms. The van der Waals surface area contributed by atoms with Crippen LogP contribution in [0.15, 0.2) is 42.2 Å². The van der Waals surface area contributed by atoms with E-state index in [9.17, 15) is 15.2 Å². The zero-order valence-corrected chi connectivity index (χ0v) is 16.5. The van der Waals surface area contributed by atoms with E-state index in [-0.39, 0.29) is 22.6 Å². The van der Waals surface area contributed by atoms with Gasteiger partial charge in [0, 0.05) is 30.8 Å². The molecule has 0 spiro atoms. The van der Waals surface area contributed by atoms with E-state index in [2.05, 4.69) is 17.1 Å². The van der Waals surface area contributed by atoms with Gasteiger partial charge in [0.2, 0.25) is 0 Å². The zero-order valence-electron chi connectivity index (χ0n) is 16.5. The second kappa shape index (κ2) is 6.93. The lowest BCUT2D eigenvalue weighted by molar-refractivity contribution is -0.384. The fraction of sp³-hybridized carbons (Fsp3) is 0.545. The fourth-order valence-electron chi connectivity index (χ4n) is 5.46. The number of rotatable bonds is 4. The number of allylic oxidation sites excluding steroid dienone is 2. The first-order valence-electron chi connectivity index (χ1n) is 10.3. The molecule has 0 amide bonds. The van der Waals surface area contributed by atoms with Crippen LogP contribution in [0, 0.1) is 27.9 Å². The van der Waals surface area contributed by atoms with Crippen molar-refractivity contribution in [3.63, 3.8) is 0 Å². The molecule has 7 nitrogen and oxygen atoms in total. The highest BCUT2D eigenvalue weighted by molar-refractivity contribution is 5.52. The van der Waals surface area contributed by atoms with Gasteiger partial charge in [-0.1, -0.05) is 12.2 Å². The number of morpholine rings is 1. The average Bonchev–Trinajstić information content (AvgIpc) is 3.41. The quantitative estimate of drug-likeness (QED) is 0.476. The Bertz CT molecular complexity index is 887. The number of hydrogen-bond donors (Lipinski definition) is 1. The molecule has 1 aromatic rings. The minimum absolute atomic E-state index is 0.0526. The molecule has 5 atom stereocenters. The lowest BCUT2D eigenvalue weighted by Crippen LogP contribution is -2.40. The first kappa shape index (κ1) is 18.8. The predicted molar refractivity (Wildman–Crippen MR) is 106 cm³/mol. The topological polar surface area (TPSA) is 85.1 Å². The van der Waals surface area contributed by atoms with Crippen LogP contribution in [0.5, 0.6) is 5.75 Å². The molecule has 0 unspecified atom stereocenters. The van der Waals surface area contributed by atoms with Crippen LogP contribution < -0.4 is 4.74 Å². The van der Waals surface area contributed by atoms with Crippen molar-refractivity contribution in [3.05, 3.63) is 57.9 Å². The number of ether oxygens (including phenoxy) is 2. The molecule has 5 rings (SSSR count). The smallest absolute Gasteiger partial charge is 0.270 e. The predicted octanol–water partition coefficient (Wildman–Crippen LogP) is 3.21. The Hall–Kier alpha value is -2.22. The van der Waals surface area contributed by atoms with Crippen molar-refractivity contribution in [2.75, 3.05) is 26.3 Å². The normalized spacial score (nSPS) is 34.2. The van der Waals surface area contributed by atoms with Gasteiger partial charge in [-0.2, -0.15) is 0 Å². The van der Waals surface area contributed by atoms with Gasteiger partial charge in [0.15, 0.2) is 0 Å². The molecule has 1 aromatic carbocycles. The Kier molecular flexibility index (Phi) is 4.49. The van der Waals surface area contributed by atoms with Gasteiger partial charge < -0.3 is 14.6 Å². The first-order chi connectivity index (χ1) is 13.9. The zero-order chi connectivity index (χ0) is 20.2. The van der Waals surface area contributed by atoms with E-state index in [1.165, 1.54) is 6.07 Å². The summed E-state index contributed by atoms with van der Waals surface area (Å²) in [5, 5.41) is 22.7. The highest BCUT2D eigenvalue weighted by Crippen LogP contribution is 2.50. The Labute approximate surface area is 169 Å². The molecule has 0 aromatic heterocycles. The van der Waals surface area contributed by atoms with Crippen molar-refractivity contribution in [2.24, 2.45) is 17.8 Å². The third-order valence-corrected chi connectivity index (χ3v) is 6.87. The molecule has 1 N–H and O–H groups in total. The number of benzene rings is 1. The monoisotopic (exact) mass is 398 g/mol. The minimum Gasteiger partial charge on any atom is -0.460 e. The number of nitro groups is 1. The Morgan fingerprint density at radius 3 is 2.72 bits per heavy atom. The summed E-state index contributed by atoms with van der Waals surface area (Å²) >= 11 is 0. The van der Waals surface area contributed by atoms with Crippen molar-refractivity contribution in [1.82, 2.24) is 4.90 Å². The highest BCUT2D eigenvalue weighted by atomic mass is 16.6. The number of hydrogen-bond acceptors (Lipinski definition) is 6. The van der Waals surface area contributed by atoms with Crippen LogP contribution in [0.2, 0.25) is 0 Å². The van der Waals surface area contributed by atoms with Crippen LogP contribution in [0.25, 0.3) is 0 Å². The van der Waals surface area contributed by atoms with Crippen LogP contribution in [0.4, 0.5) is 5.69 Å². The molecular weight excluding hydrogens is 372 g/mol. The molecule has 2 aliphatic heterocycles. The second-order valence-electron chi connectivity index (χ2n) is 8.79. The highest BCUT2D eigenvalue weighted by Gasteiger charge is 2.46. The number of nitro benzene ring substituents is 1. The molecular formula is C22H26N2O5. The third kappa shape index (κ3) is 3.27. The lowest BCUT2D eigenvalue weighted by Gasteiger charge is -2.35. The second-order valence-corrected chi connectivity index (χ2v) is 8.79. The molecule has 2 fully saturated rings. The molecule has 154 valence electrons. The van der Waals surface area contributed by atoms with E-state index in [1.807, 2.05) is 13.0 Å². The maximum atomic E-state index is 11.4. The van der Waals surface area contributed by atoms with Gasteiger partial charge in [0.05, 0.1) is 29.8 Å². The van der Waals surface area contributed by atoms with Crippen molar-refractivity contribution >= 4 is 5.69 Å². The van der Waals surface area contributed by atoms with Crippen LogP contribution in [-0.2, 0) is 4.74 Å². The fourth-order valence-corrected chi connectivity index (χ4v) is 5.46. The average molecular weight is 398 g/mol. The lowest BCUT2D eigenvalue weighted by atomic mass is 9.79. The summed E-state index contributed by atoms with van der Waals surface area (Å²) < 4.78 is 11.7. The molecule has 7 heteroatoms. The molecule has 29 heavy (non-hydrogen) atoms. The van der Waals surface area contributed by atoms with E-state index in [4.69, 9.17) is 9.47 Å². The van der Waals surface area contributed by atoms with E-state index >= 15 is 0 Å². The van der Waals surface area contributed by atoms with Gasteiger partial charge >= 0.3 is 0 Å². The minimum atomic E-state index is -1.00. The first-order valence-corrected chi connectivity index (χ1v) is 10.3. The standard InChI is InChI=1S/C22H26N2O5/c1-22(25,18-11-14-2-3-15(18)10-14)13-20-21(23-6-8-28-9-7-23)17-12-16(24(26)27)4-5-19(17)29-20/h2-5,12-15,18,21,25H,6-11H2,1H3/b20-13-/t14-,15+,18+,21-,22+/m1/s1. The maximum absolute atomic E-state index is 11.4. The van der Waals surface area contributed by atoms with Gasteiger partial charge in [-0.3, -0.25) is 15.0 Å². The van der Waals surface area contributed by atoms with Crippen LogP contribution in [0.1, 0.15) is 31.4 Å². The summed E-state index contributed by atoms with van der Waals surface area (Å²) in [6.45, 7) is 4.52. The maximum Gasteiger partial charge on any atom is 0.270 e. The van der Waals surface area contributed by atoms with Crippen LogP contribution >= 0.6 is 0 Å². The molecule has 1 saturated heterocycles. The number of nitrogens with zero attached hydrogens (tertiary/aromatic N) is 2. The van der Waals surface area contributed by atoms with Gasteiger partial charge in [0.25, 0.3) is 5.69 Å². The van der Waals surface area contributed by atoms with Gasteiger partial charge in [-0.25, -0.2) is 0 Å². The Morgan fingerprint density at radius 1 is 1.28 bits per heavy atom.